The average Bonchev–Trinajstić information content (AvgIpc) is 3.03. The number of hydrogen-bond donors (Lipinski definition) is 2. The number of anilines is 1. The average molecular weight is 270 g/mol. The molecule has 5 nitrogen and oxygen atoms in total. The maximum absolute atomic E-state index is 12.2. The van der Waals surface area contributed by atoms with Gasteiger partial charge in [0.1, 0.15) is 0 Å². The van der Waals surface area contributed by atoms with Gasteiger partial charge in [0.25, 0.3) is 0 Å². The fraction of sp³-hybridized carbons (Fsp3) is 0.333. The van der Waals surface area contributed by atoms with Crippen LogP contribution in [0.5, 0.6) is 0 Å². The lowest BCUT2D eigenvalue weighted by Gasteiger charge is -2.22. The van der Waals surface area contributed by atoms with Crippen LogP contribution in [0.1, 0.15) is 12.8 Å². The van der Waals surface area contributed by atoms with E-state index in [0.29, 0.717) is 0 Å². The molecule has 0 saturated carbocycles. The van der Waals surface area contributed by atoms with Gasteiger partial charge in [-0.25, -0.2) is 4.68 Å². The van der Waals surface area contributed by atoms with Crippen LogP contribution in [0, 0.1) is 5.92 Å². The van der Waals surface area contributed by atoms with Crippen molar-refractivity contribution < 1.29 is 4.79 Å². The molecule has 0 spiro atoms. The zero-order chi connectivity index (χ0) is 13.8. The molecule has 1 aromatic heterocycles. The van der Waals surface area contributed by atoms with E-state index in [4.69, 9.17) is 0 Å². The molecule has 0 aliphatic carbocycles. The molecule has 1 atom stereocenters. The third-order valence-corrected chi connectivity index (χ3v) is 3.55. The lowest BCUT2D eigenvalue weighted by atomic mass is 9.99. The first-order valence-corrected chi connectivity index (χ1v) is 6.94. The van der Waals surface area contributed by atoms with Crippen molar-refractivity contribution >= 4 is 11.6 Å². The number of carbonyl (C=O) groups excluding carboxylic acids is 1. The van der Waals surface area contributed by atoms with Gasteiger partial charge in [0.15, 0.2) is 0 Å². The number of aromatic nitrogens is 2. The Hall–Kier alpha value is -2.14. The quantitative estimate of drug-likeness (QED) is 0.894. The van der Waals surface area contributed by atoms with Crippen molar-refractivity contribution in [3.05, 3.63) is 42.7 Å². The van der Waals surface area contributed by atoms with E-state index in [1.54, 1.807) is 10.9 Å². The van der Waals surface area contributed by atoms with E-state index in [1.165, 1.54) is 0 Å². The Labute approximate surface area is 118 Å². The van der Waals surface area contributed by atoms with Crippen LogP contribution in [0.25, 0.3) is 5.69 Å². The van der Waals surface area contributed by atoms with Gasteiger partial charge in [0, 0.05) is 24.6 Å². The molecule has 0 unspecified atom stereocenters. The maximum Gasteiger partial charge on any atom is 0.228 e. The van der Waals surface area contributed by atoms with Crippen molar-refractivity contribution in [2.24, 2.45) is 5.92 Å². The Bertz CT molecular complexity index is 573. The van der Waals surface area contributed by atoms with E-state index in [-0.39, 0.29) is 11.8 Å². The summed E-state index contributed by atoms with van der Waals surface area (Å²) >= 11 is 0. The van der Waals surface area contributed by atoms with Gasteiger partial charge < -0.3 is 10.6 Å². The molecule has 1 fully saturated rings. The fourth-order valence-corrected chi connectivity index (χ4v) is 2.47. The van der Waals surface area contributed by atoms with Crippen molar-refractivity contribution in [3.8, 4) is 5.69 Å². The first kappa shape index (κ1) is 12.9. The van der Waals surface area contributed by atoms with Gasteiger partial charge in [-0.3, -0.25) is 4.79 Å². The zero-order valence-corrected chi connectivity index (χ0v) is 11.2. The van der Waals surface area contributed by atoms with E-state index in [1.807, 2.05) is 36.5 Å². The molecule has 0 bridgehead atoms. The smallest absolute Gasteiger partial charge is 0.228 e. The molecule has 1 aromatic carbocycles. The highest BCUT2D eigenvalue weighted by Crippen LogP contribution is 2.17. The summed E-state index contributed by atoms with van der Waals surface area (Å²) in [5, 5.41) is 10.4. The highest BCUT2D eigenvalue weighted by molar-refractivity contribution is 5.93. The van der Waals surface area contributed by atoms with E-state index in [2.05, 4.69) is 15.7 Å². The van der Waals surface area contributed by atoms with Gasteiger partial charge in [0.05, 0.1) is 11.6 Å². The molecule has 20 heavy (non-hydrogen) atoms. The molecule has 0 radical (unpaired) electrons. The summed E-state index contributed by atoms with van der Waals surface area (Å²) in [5.41, 5.74) is 1.75. The maximum atomic E-state index is 12.2. The van der Waals surface area contributed by atoms with Crippen LogP contribution in [0.3, 0.4) is 0 Å². The van der Waals surface area contributed by atoms with Crippen LogP contribution in [0.2, 0.25) is 0 Å². The van der Waals surface area contributed by atoms with Crippen LogP contribution in [-0.4, -0.2) is 28.8 Å². The van der Waals surface area contributed by atoms with Crippen LogP contribution in [-0.2, 0) is 4.79 Å². The van der Waals surface area contributed by atoms with Crippen molar-refractivity contribution in [1.82, 2.24) is 15.1 Å². The van der Waals surface area contributed by atoms with Gasteiger partial charge in [0.2, 0.25) is 5.91 Å². The summed E-state index contributed by atoms with van der Waals surface area (Å²) < 4.78 is 1.78. The second-order valence-electron chi connectivity index (χ2n) is 5.03. The Balaban J connectivity index is 1.71. The highest BCUT2D eigenvalue weighted by atomic mass is 16.1. The molecule has 5 heteroatoms. The Kier molecular flexibility index (Phi) is 3.78. The van der Waals surface area contributed by atoms with Crippen molar-refractivity contribution in [3.63, 3.8) is 0 Å². The fourth-order valence-electron chi connectivity index (χ4n) is 2.47. The molecule has 1 aliphatic rings. The number of hydrogen-bond acceptors (Lipinski definition) is 3. The van der Waals surface area contributed by atoms with E-state index in [0.717, 1.165) is 37.3 Å². The summed E-state index contributed by atoms with van der Waals surface area (Å²) in [4.78, 5) is 12.2. The SMILES string of the molecule is O=C(Nc1cccc(-n2cccn2)c1)[C@H]1CCCNC1. The van der Waals surface area contributed by atoms with Crippen LogP contribution in [0.15, 0.2) is 42.7 Å². The number of amides is 1. The first-order valence-electron chi connectivity index (χ1n) is 6.94. The van der Waals surface area contributed by atoms with Gasteiger partial charge in [-0.1, -0.05) is 6.07 Å². The van der Waals surface area contributed by atoms with Gasteiger partial charge in [-0.15, -0.1) is 0 Å². The minimum atomic E-state index is 0.0668. The molecule has 3 rings (SSSR count). The second-order valence-corrected chi connectivity index (χ2v) is 5.03. The van der Waals surface area contributed by atoms with Crippen LogP contribution in [0.4, 0.5) is 5.69 Å². The van der Waals surface area contributed by atoms with Crippen LogP contribution < -0.4 is 10.6 Å². The van der Waals surface area contributed by atoms with Crippen LogP contribution >= 0.6 is 0 Å². The van der Waals surface area contributed by atoms with Gasteiger partial charge in [-0.05, 0) is 43.7 Å². The monoisotopic (exact) mass is 270 g/mol. The highest BCUT2D eigenvalue weighted by Gasteiger charge is 2.20. The lowest BCUT2D eigenvalue weighted by Crippen LogP contribution is -2.37. The lowest BCUT2D eigenvalue weighted by molar-refractivity contribution is -0.120. The normalized spacial score (nSPS) is 18.7. The number of rotatable bonds is 3. The number of piperidine rings is 1. The standard InChI is InChI=1S/C15H18N4O/c20-15(12-4-2-7-16-11-12)18-13-5-1-6-14(10-13)19-9-3-8-17-19/h1,3,5-6,8-10,12,16H,2,4,7,11H2,(H,18,20)/t12-/m0/s1. The predicted octanol–water partition coefficient (Wildman–Crippen LogP) is 1.81. The van der Waals surface area contributed by atoms with E-state index >= 15 is 0 Å². The minimum absolute atomic E-state index is 0.0668. The minimum Gasteiger partial charge on any atom is -0.326 e. The number of nitrogens with zero attached hydrogens (tertiary/aromatic N) is 2. The van der Waals surface area contributed by atoms with E-state index in [9.17, 15) is 4.79 Å². The Morgan fingerprint density at radius 1 is 1.40 bits per heavy atom. The van der Waals surface area contributed by atoms with Crippen molar-refractivity contribution in [2.75, 3.05) is 18.4 Å². The summed E-state index contributed by atoms with van der Waals surface area (Å²) in [7, 11) is 0. The molecule has 1 aliphatic heterocycles. The predicted molar refractivity (Wildman–Crippen MR) is 77.8 cm³/mol. The van der Waals surface area contributed by atoms with E-state index < -0.39 is 0 Å². The van der Waals surface area contributed by atoms with Gasteiger partial charge >= 0.3 is 0 Å². The van der Waals surface area contributed by atoms with Gasteiger partial charge in [-0.2, -0.15) is 5.10 Å². The Morgan fingerprint density at radius 3 is 3.10 bits per heavy atom. The number of benzene rings is 1. The van der Waals surface area contributed by atoms with Crippen molar-refractivity contribution in [2.45, 2.75) is 12.8 Å². The molecular weight excluding hydrogens is 252 g/mol. The third-order valence-electron chi connectivity index (χ3n) is 3.55. The summed E-state index contributed by atoms with van der Waals surface area (Å²) in [5.74, 6) is 0.159. The molecule has 2 N–H and O–H groups in total. The number of carbonyl (C=O) groups is 1. The topological polar surface area (TPSA) is 59.0 Å². The third kappa shape index (κ3) is 2.88. The number of nitrogens with one attached hydrogen (secondary N) is 2. The second kappa shape index (κ2) is 5.88. The molecule has 2 heterocycles. The zero-order valence-electron chi connectivity index (χ0n) is 11.2. The molecule has 104 valence electrons. The summed E-state index contributed by atoms with van der Waals surface area (Å²) in [6.45, 7) is 1.78. The first-order chi connectivity index (χ1) is 9.83. The molecule has 1 saturated heterocycles. The molecule has 1 amide bonds. The van der Waals surface area contributed by atoms with Crippen molar-refractivity contribution in [1.29, 1.82) is 0 Å². The largest absolute Gasteiger partial charge is 0.326 e. The summed E-state index contributed by atoms with van der Waals surface area (Å²) in [6.07, 6.45) is 5.63. The molecule has 2 aromatic rings. The Morgan fingerprint density at radius 2 is 2.35 bits per heavy atom. The summed E-state index contributed by atoms with van der Waals surface area (Å²) in [6, 6.07) is 9.60. The molecular formula is C15H18N4O.